The minimum Gasteiger partial charge on any atom is -0.361 e. The second kappa shape index (κ2) is 15.5. The second-order valence-corrected chi connectivity index (χ2v) is 7.34. The van der Waals surface area contributed by atoms with E-state index in [1.54, 1.807) is 19.0 Å². The van der Waals surface area contributed by atoms with E-state index in [-0.39, 0.29) is 36.4 Å². The van der Waals surface area contributed by atoms with Crippen molar-refractivity contribution >= 4 is 35.8 Å². The van der Waals surface area contributed by atoms with Crippen LogP contribution in [0.1, 0.15) is 70.4 Å². The van der Waals surface area contributed by atoms with Crippen LogP contribution in [-0.4, -0.2) is 49.1 Å². The lowest BCUT2D eigenvalue weighted by molar-refractivity contribution is -0.127. The number of guanidine groups is 1. The van der Waals surface area contributed by atoms with Gasteiger partial charge in [0, 0.05) is 32.6 Å². The fraction of sp³-hybridized carbons (Fsp3) is 0.762. The summed E-state index contributed by atoms with van der Waals surface area (Å²) >= 11 is 0. The third-order valence-electron chi connectivity index (χ3n) is 5.01. The van der Waals surface area contributed by atoms with Gasteiger partial charge in [-0.25, -0.2) is 4.99 Å². The Kier molecular flexibility index (Phi) is 14.8. The van der Waals surface area contributed by atoms with E-state index in [0.29, 0.717) is 18.4 Å². The van der Waals surface area contributed by atoms with Gasteiger partial charge in [0.1, 0.15) is 5.76 Å². The van der Waals surface area contributed by atoms with Gasteiger partial charge in [-0.1, -0.05) is 52.1 Å². The smallest absolute Gasteiger partial charge is 0.241 e. The first kappa shape index (κ1) is 27.7. The molecule has 1 amide bonds. The highest BCUT2D eigenvalue weighted by Crippen LogP contribution is 2.17. The normalized spacial score (nSPS) is 12.3. The third-order valence-corrected chi connectivity index (χ3v) is 5.01. The van der Waals surface area contributed by atoms with Crippen molar-refractivity contribution in [2.24, 2.45) is 10.9 Å². The quantitative estimate of drug-likeness (QED) is 0.249. The van der Waals surface area contributed by atoms with Crippen molar-refractivity contribution < 1.29 is 9.32 Å². The Balaban J connectivity index is 0.00000784. The third kappa shape index (κ3) is 9.82. The number of amides is 1. The van der Waals surface area contributed by atoms with Gasteiger partial charge in [-0.15, -0.1) is 24.0 Å². The lowest BCUT2D eigenvalue weighted by Crippen LogP contribution is -2.44. The molecule has 0 aliphatic heterocycles. The van der Waals surface area contributed by atoms with Gasteiger partial charge in [0.15, 0.2) is 5.96 Å². The van der Waals surface area contributed by atoms with Crippen LogP contribution in [0.25, 0.3) is 0 Å². The summed E-state index contributed by atoms with van der Waals surface area (Å²) in [6.07, 6.45) is 6.39. The van der Waals surface area contributed by atoms with Gasteiger partial charge in [-0.05, 0) is 18.8 Å². The number of likely N-dealkylation sites (N-methyl/N-ethyl adjacent to an activating group) is 1. The monoisotopic (exact) mass is 521 g/mol. The van der Waals surface area contributed by atoms with E-state index in [1.165, 1.54) is 19.3 Å². The van der Waals surface area contributed by atoms with Crippen LogP contribution >= 0.6 is 24.0 Å². The Morgan fingerprint density at radius 3 is 2.45 bits per heavy atom. The molecule has 0 aliphatic carbocycles. The molecule has 1 aromatic rings. The van der Waals surface area contributed by atoms with Gasteiger partial charge in [0.2, 0.25) is 5.91 Å². The number of carbonyl (C=O) groups is 1. The summed E-state index contributed by atoms with van der Waals surface area (Å²) in [4.78, 5) is 18.3. The summed E-state index contributed by atoms with van der Waals surface area (Å²) in [5.74, 6) is 2.17. The number of aromatic nitrogens is 1. The Labute approximate surface area is 193 Å². The molecule has 0 saturated heterocycles. The molecule has 168 valence electrons. The molecule has 1 rings (SSSR count). The summed E-state index contributed by atoms with van der Waals surface area (Å²) in [7, 11) is 3.51. The minimum atomic E-state index is 0. The van der Waals surface area contributed by atoms with E-state index < -0.39 is 0 Å². The van der Waals surface area contributed by atoms with Crippen molar-refractivity contribution in [2.45, 2.75) is 72.8 Å². The number of halogens is 1. The highest BCUT2D eigenvalue weighted by Gasteiger charge is 2.14. The molecule has 8 heteroatoms. The van der Waals surface area contributed by atoms with E-state index in [4.69, 9.17) is 9.52 Å². The number of nitrogens with one attached hydrogen (secondary N) is 2. The van der Waals surface area contributed by atoms with E-state index in [9.17, 15) is 4.79 Å². The molecule has 0 bridgehead atoms. The Hall–Kier alpha value is -1.32. The molecule has 0 fully saturated rings. The molecular weight excluding hydrogens is 481 g/mol. The maximum atomic E-state index is 12.0. The molecule has 2 N–H and O–H groups in total. The molecule has 1 unspecified atom stereocenters. The number of rotatable bonds is 12. The van der Waals surface area contributed by atoms with Crippen molar-refractivity contribution in [1.29, 1.82) is 0 Å². The zero-order valence-electron chi connectivity index (χ0n) is 19.0. The molecule has 1 aromatic heterocycles. The Bertz CT molecular complexity index is 595. The molecule has 0 aliphatic rings. The molecule has 0 saturated carbocycles. The summed E-state index contributed by atoms with van der Waals surface area (Å²) in [6.45, 7) is 10.1. The van der Waals surface area contributed by atoms with Crippen LogP contribution < -0.4 is 10.6 Å². The summed E-state index contributed by atoms with van der Waals surface area (Å²) < 4.78 is 5.44. The standard InChI is InChI=1S/C21H39N5O2.HI/c1-7-11-12-16(8-2)13-22-21(24-15-20(27)26(5)6)23-14-17-18(9-3)25-28-19(17)10-4;/h16H,7-15H2,1-6H3,(H2,22,23,24);1H. The maximum absolute atomic E-state index is 12.0. The summed E-state index contributed by atoms with van der Waals surface area (Å²) in [5.41, 5.74) is 2.02. The van der Waals surface area contributed by atoms with Gasteiger partial charge in [-0.3, -0.25) is 4.79 Å². The van der Waals surface area contributed by atoms with E-state index in [2.05, 4.69) is 43.5 Å². The lowest BCUT2D eigenvalue weighted by atomic mass is 9.99. The van der Waals surface area contributed by atoms with Crippen LogP contribution in [0.15, 0.2) is 9.52 Å². The highest BCUT2D eigenvalue weighted by molar-refractivity contribution is 14.0. The molecule has 1 heterocycles. The molecule has 0 aromatic carbocycles. The van der Waals surface area contributed by atoms with Crippen molar-refractivity contribution in [2.75, 3.05) is 27.2 Å². The SMILES string of the molecule is CCCCC(CC)CNC(=NCc1c(CC)noc1CC)NCC(=O)N(C)C.I. The van der Waals surface area contributed by atoms with Gasteiger partial charge in [0.05, 0.1) is 18.8 Å². The molecular formula is C21H40IN5O2. The molecule has 0 spiro atoms. The number of hydrogen-bond acceptors (Lipinski definition) is 4. The first-order chi connectivity index (χ1) is 13.5. The largest absolute Gasteiger partial charge is 0.361 e. The average Bonchev–Trinajstić information content (AvgIpc) is 3.10. The van der Waals surface area contributed by atoms with Crippen molar-refractivity contribution in [3.05, 3.63) is 17.0 Å². The fourth-order valence-corrected chi connectivity index (χ4v) is 2.95. The number of carbonyl (C=O) groups excluding carboxylic acids is 1. The van der Waals surface area contributed by atoms with Gasteiger partial charge < -0.3 is 20.1 Å². The number of hydrogen-bond donors (Lipinski definition) is 2. The summed E-state index contributed by atoms with van der Waals surface area (Å²) in [6, 6.07) is 0. The van der Waals surface area contributed by atoms with Crippen molar-refractivity contribution in [3.8, 4) is 0 Å². The van der Waals surface area contributed by atoms with Crippen LogP contribution in [0.3, 0.4) is 0 Å². The summed E-state index contributed by atoms with van der Waals surface area (Å²) in [5, 5.41) is 10.8. The first-order valence-electron chi connectivity index (χ1n) is 10.6. The van der Waals surface area contributed by atoms with Crippen molar-refractivity contribution in [3.63, 3.8) is 0 Å². The minimum absolute atomic E-state index is 0. The average molecular weight is 521 g/mol. The van der Waals surface area contributed by atoms with Crippen LogP contribution in [0, 0.1) is 5.92 Å². The number of aliphatic imine (C=N–C) groups is 1. The van der Waals surface area contributed by atoms with Crippen LogP contribution in [0.5, 0.6) is 0 Å². The Morgan fingerprint density at radius 1 is 1.17 bits per heavy atom. The van der Waals surface area contributed by atoms with E-state index >= 15 is 0 Å². The number of nitrogens with zero attached hydrogens (tertiary/aromatic N) is 3. The van der Waals surface area contributed by atoms with Crippen molar-refractivity contribution in [1.82, 2.24) is 20.7 Å². The van der Waals surface area contributed by atoms with Gasteiger partial charge in [0.25, 0.3) is 0 Å². The first-order valence-corrected chi connectivity index (χ1v) is 10.6. The number of aryl methyl sites for hydroxylation is 2. The molecule has 7 nitrogen and oxygen atoms in total. The van der Waals surface area contributed by atoms with Gasteiger partial charge >= 0.3 is 0 Å². The second-order valence-electron chi connectivity index (χ2n) is 7.34. The fourth-order valence-electron chi connectivity index (χ4n) is 2.95. The lowest BCUT2D eigenvalue weighted by Gasteiger charge is -2.19. The predicted octanol–water partition coefficient (Wildman–Crippen LogP) is 3.76. The zero-order chi connectivity index (χ0) is 20.9. The number of unbranched alkanes of at least 4 members (excludes halogenated alkanes) is 1. The predicted molar refractivity (Wildman–Crippen MR) is 130 cm³/mol. The molecule has 0 radical (unpaired) electrons. The van der Waals surface area contributed by atoms with E-state index in [1.807, 2.05) is 0 Å². The van der Waals surface area contributed by atoms with Gasteiger partial charge in [-0.2, -0.15) is 0 Å². The van der Waals surface area contributed by atoms with Crippen LogP contribution in [0.2, 0.25) is 0 Å². The topological polar surface area (TPSA) is 82.8 Å². The van der Waals surface area contributed by atoms with Crippen LogP contribution in [0.4, 0.5) is 0 Å². The molecule has 1 atom stereocenters. The van der Waals surface area contributed by atoms with Crippen LogP contribution in [-0.2, 0) is 24.2 Å². The van der Waals surface area contributed by atoms with E-state index in [0.717, 1.165) is 42.8 Å². The molecule has 29 heavy (non-hydrogen) atoms. The maximum Gasteiger partial charge on any atom is 0.241 e. The Morgan fingerprint density at radius 2 is 1.90 bits per heavy atom. The zero-order valence-corrected chi connectivity index (χ0v) is 21.3. The highest BCUT2D eigenvalue weighted by atomic mass is 127.